The summed E-state index contributed by atoms with van der Waals surface area (Å²) in [6, 6.07) is 0. The van der Waals surface area contributed by atoms with Gasteiger partial charge >= 0.3 is 0 Å². The summed E-state index contributed by atoms with van der Waals surface area (Å²) in [6.45, 7) is 10.1. The van der Waals surface area contributed by atoms with Crippen LogP contribution in [-0.4, -0.2) is 89.5 Å². The van der Waals surface area contributed by atoms with Crippen molar-refractivity contribution in [2.45, 2.75) is 58.8 Å². The molecule has 0 atom stereocenters. The molecule has 0 saturated carbocycles. The molecule has 0 unspecified atom stereocenters. The molecule has 0 amide bonds. The minimum atomic E-state index is 0.0386. The number of aliphatic hydroxyl groups excluding tert-OH is 2. The normalized spacial score (nSPS) is 10.7. The first kappa shape index (κ1) is 29.9. The molecule has 0 heterocycles. The van der Waals surface area contributed by atoms with Crippen molar-refractivity contribution >= 4 is 0 Å². The molecule has 0 radical (unpaired) electrons. The van der Waals surface area contributed by atoms with E-state index in [2.05, 4.69) is 13.8 Å². The molecule has 172 valence electrons. The summed E-state index contributed by atoms with van der Waals surface area (Å²) in [4.78, 5) is 0. The maximum atomic E-state index is 8.41. The lowest BCUT2D eigenvalue weighted by molar-refractivity contribution is -0.00856. The van der Waals surface area contributed by atoms with Crippen LogP contribution in [0.2, 0.25) is 0 Å². The summed E-state index contributed by atoms with van der Waals surface area (Å²) in [5.74, 6) is 0. The van der Waals surface area contributed by atoms with Gasteiger partial charge in [-0.15, -0.1) is 0 Å². The lowest BCUT2D eigenvalue weighted by Gasteiger charge is -2.06. The molecule has 0 aromatic rings. The summed E-state index contributed by atoms with van der Waals surface area (Å²) in [7, 11) is 0. The van der Waals surface area contributed by atoms with E-state index in [1.165, 1.54) is 38.5 Å². The van der Waals surface area contributed by atoms with E-state index in [-0.39, 0.29) is 13.2 Å². The summed E-state index contributed by atoms with van der Waals surface area (Å²) in [6.07, 6.45) is 9.29. The molecule has 0 aliphatic carbocycles. The van der Waals surface area contributed by atoms with Gasteiger partial charge in [-0.2, -0.15) is 0 Å². The topological polar surface area (TPSA) is 86.6 Å². The highest BCUT2D eigenvalue weighted by Gasteiger charge is 1.92. The first-order chi connectivity index (χ1) is 13.8. The Labute approximate surface area is 172 Å². The predicted octanol–water partition coefficient (Wildman–Crippen LogP) is 2.81. The van der Waals surface area contributed by atoms with Gasteiger partial charge in [-0.25, -0.2) is 0 Å². The van der Waals surface area contributed by atoms with E-state index < -0.39 is 0 Å². The monoisotopic (exact) mass is 410 g/mol. The van der Waals surface area contributed by atoms with E-state index in [9.17, 15) is 0 Å². The highest BCUT2D eigenvalue weighted by atomic mass is 16.6. The quantitative estimate of drug-likeness (QED) is 0.265. The standard InChI is InChI=1S/C11H24O.C10H22O6/c1-3-5-6-7-8-9-11-12-10-4-2;11-1-3-13-5-7-15-9-10-16-8-6-14-4-2-12/h3-11H2,1-2H3;11-12H,1-10H2. The Morgan fingerprint density at radius 1 is 0.393 bits per heavy atom. The number of rotatable bonds is 22. The molecule has 0 fully saturated rings. The van der Waals surface area contributed by atoms with E-state index in [1.54, 1.807) is 0 Å². The van der Waals surface area contributed by atoms with Gasteiger partial charge in [0.25, 0.3) is 0 Å². The largest absolute Gasteiger partial charge is 0.394 e. The van der Waals surface area contributed by atoms with Gasteiger partial charge in [0.1, 0.15) is 0 Å². The molecular weight excluding hydrogens is 364 g/mol. The van der Waals surface area contributed by atoms with Crippen LogP contribution in [0.15, 0.2) is 0 Å². The molecule has 28 heavy (non-hydrogen) atoms. The Morgan fingerprint density at radius 2 is 0.786 bits per heavy atom. The average Bonchev–Trinajstić information content (AvgIpc) is 2.71. The summed E-state index contributed by atoms with van der Waals surface area (Å²) < 4.78 is 25.8. The summed E-state index contributed by atoms with van der Waals surface area (Å²) in [5.41, 5.74) is 0. The van der Waals surface area contributed by atoms with Crippen molar-refractivity contribution in [3.63, 3.8) is 0 Å². The van der Waals surface area contributed by atoms with Crippen molar-refractivity contribution < 1.29 is 33.9 Å². The van der Waals surface area contributed by atoms with Gasteiger partial charge in [0.05, 0.1) is 66.1 Å². The molecule has 0 rings (SSSR count). The van der Waals surface area contributed by atoms with Crippen molar-refractivity contribution in [1.29, 1.82) is 0 Å². The number of hydrogen-bond acceptors (Lipinski definition) is 7. The Morgan fingerprint density at radius 3 is 1.21 bits per heavy atom. The third-order valence-corrected chi connectivity index (χ3v) is 3.58. The molecule has 0 aliphatic heterocycles. The summed E-state index contributed by atoms with van der Waals surface area (Å²) in [5, 5.41) is 16.8. The number of unbranched alkanes of at least 4 members (excludes halogenated alkanes) is 5. The van der Waals surface area contributed by atoms with Crippen molar-refractivity contribution in [3.8, 4) is 0 Å². The smallest absolute Gasteiger partial charge is 0.0701 e. The van der Waals surface area contributed by atoms with Crippen LogP contribution in [0.4, 0.5) is 0 Å². The van der Waals surface area contributed by atoms with Gasteiger partial charge < -0.3 is 33.9 Å². The second-order valence-corrected chi connectivity index (χ2v) is 6.28. The number of aliphatic hydroxyl groups is 2. The maximum absolute atomic E-state index is 8.41. The van der Waals surface area contributed by atoms with Crippen LogP contribution in [0.5, 0.6) is 0 Å². The van der Waals surface area contributed by atoms with Crippen LogP contribution >= 0.6 is 0 Å². The molecule has 0 saturated heterocycles. The second kappa shape index (κ2) is 31.4. The second-order valence-electron chi connectivity index (χ2n) is 6.28. The highest BCUT2D eigenvalue weighted by molar-refractivity contribution is 4.43. The van der Waals surface area contributed by atoms with Crippen LogP contribution in [0.1, 0.15) is 58.8 Å². The first-order valence-electron chi connectivity index (χ1n) is 10.9. The molecule has 0 aromatic heterocycles. The molecule has 2 N–H and O–H groups in total. The number of hydrogen-bond donors (Lipinski definition) is 2. The zero-order valence-electron chi connectivity index (χ0n) is 18.4. The SMILES string of the molecule is CCCCCCCCOCCC.OCCOCCOCCOCCOCCO. The van der Waals surface area contributed by atoms with Gasteiger partial charge in [0.2, 0.25) is 0 Å². The molecule has 7 heteroatoms. The molecule has 0 bridgehead atoms. The van der Waals surface area contributed by atoms with E-state index in [4.69, 9.17) is 33.9 Å². The molecule has 0 spiro atoms. The van der Waals surface area contributed by atoms with E-state index in [1.807, 2.05) is 0 Å². The average molecular weight is 411 g/mol. The van der Waals surface area contributed by atoms with Crippen LogP contribution in [0, 0.1) is 0 Å². The van der Waals surface area contributed by atoms with Crippen molar-refractivity contribution in [2.24, 2.45) is 0 Å². The van der Waals surface area contributed by atoms with Gasteiger partial charge in [-0.05, 0) is 12.8 Å². The van der Waals surface area contributed by atoms with Crippen molar-refractivity contribution in [3.05, 3.63) is 0 Å². The zero-order valence-corrected chi connectivity index (χ0v) is 18.4. The maximum Gasteiger partial charge on any atom is 0.0701 e. The lowest BCUT2D eigenvalue weighted by Crippen LogP contribution is -2.13. The third kappa shape index (κ3) is 33.3. The van der Waals surface area contributed by atoms with E-state index >= 15 is 0 Å². The Balaban J connectivity index is 0. The first-order valence-corrected chi connectivity index (χ1v) is 10.9. The van der Waals surface area contributed by atoms with E-state index in [0.717, 1.165) is 19.6 Å². The Bertz CT molecular complexity index is 219. The highest BCUT2D eigenvalue weighted by Crippen LogP contribution is 2.04. The van der Waals surface area contributed by atoms with E-state index in [0.29, 0.717) is 52.9 Å². The Hall–Kier alpha value is -0.280. The minimum Gasteiger partial charge on any atom is -0.394 e. The molecule has 7 nitrogen and oxygen atoms in total. The van der Waals surface area contributed by atoms with Crippen molar-refractivity contribution in [2.75, 3.05) is 79.3 Å². The van der Waals surface area contributed by atoms with Gasteiger partial charge in [0, 0.05) is 13.2 Å². The molecule has 0 aliphatic rings. The number of ether oxygens (including phenoxy) is 5. The minimum absolute atomic E-state index is 0.0386. The lowest BCUT2D eigenvalue weighted by atomic mass is 10.1. The fourth-order valence-corrected chi connectivity index (χ4v) is 2.12. The van der Waals surface area contributed by atoms with Gasteiger partial charge in [0.15, 0.2) is 0 Å². The predicted molar refractivity (Wildman–Crippen MR) is 112 cm³/mol. The fraction of sp³-hybridized carbons (Fsp3) is 1.00. The third-order valence-electron chi connectivity index (χ3n) is 3.58. The van der Waals surface area contributed by atoms with Crippen LogP contribution in [0.25, 0.3) is 0 Å². The molecule has 0 aromatic carbocycles. The van der Waals surface area contributed by atoms with Gasteiger partial charge in [-0.1, -0.05) is 46.0 Å². The Kier molecular flexibility index (Phi) is 33.6. The fourth-order valence-electron chi connectivity index (χ4n) is 2.12. The summed E-state index contributed by atoms with van der Waals surface area (Å²) >= 11 is 0. The zero-order chi connectivity index (χ0) is 21.0. The molecular formula is C21H46O7. The van der Waals surface area contributed by atoms with Crippen molar-refractivity contribution in [1.82, 2.24) is 0 Å². The van der Waals surface area contributed by atoms with Crippen LogP contribution in [0.3, 0.4) is 0 Å². The van der Waals surface area contributed by atoms with Crippen LogP contribution < -0.4 is 0 Å². The van der Waals surface area contributed by atoms with Gasteiger partial charge in [-0.3, -0.25) is 0 Å². The van der Waals surface area contributed by atoms with Crippen LogP contribution in [-0.2, 0) is 23.7 Å².